The van der Waals surface area contributed by atoms with Gasteiger partial charge in [-0.15, -0.1) is 0 Å². The molecule has 38 heavy (non-hydrogen) atoms. The Labute approximate surface area is 220 Å². The van der Waals surface area contributed by atoms with Crippen LogP contribution in [0, 0.1) is 0 Å². The smallest absolute Gasteiger partial charge is 0.417 e. The molecule has 1 aliphatic rings. The van der Waals surface area contributed by atoms with Crippen LogP contribution in [0.3, 0.4) is 0 Å². The molecule has 8 nitrogen and oxygen atoms in total. The monoisotopic (exact) mass is 541 g/mol. The number of rotatable bonds is 6. The molecular weight excluding hydrogens is 519 g/mol. The number of carbonyl (C=O) groups excluding carboxylic acids is 1. The molecule has 4 heterocycles. The highest BCUT2D eigenvalue weighted by molar-refractivity contribution is 7.99. The van der Waals surface area contributed by atoms with Gasteiger partial charge >= 0.3 is 12.3 Å². The summed E-state index contributed by atoms with van der Waals surface area (Å²) >= 11 is 1.69. The average Bonchev–Trinajstić information content (AvgIpc) is 3.38. The average molecular weight is 542 g/mol. The lowest BCUT2D eigenvalue weighted by molar-refractivity contribution is -0.137. The van der Waals surface area contributed by atoms with Crippen LogP contribution in [0.4, 0.5) is 18.0 Å². The molecule has 4 aromatic rings. The topological polar surface area (TPSA) is 82.4 Å². The van der Waals surface area contributed by atoms with Gasteiger partial charge in [0.2, 0.25) is 5.88 Å². The van der Waals surface area contributed by atoms with Gasteiger partial charge in [-0.1, -0.05) is 11.8 Å². The zero-order chi connectivity index (χ0) is 26.5. The lowest BCUT2D eigenvalue weighted by atomic mass is 10.1. The quantitative estimate of drug-likeness (QED) is 0.286. The highest BCUT2D eigenvalue weighted by Crippen LogP contribution is 2.32. The molecule has 5 rings (SSSR count). The lowest BCUT2D eigenvalue weighted by Crippen LogP contribution is -2.40. The van der Waals surface area contributed by atoms with Gasteiger partial charge in [0.25, 0.3) is 0 Å². The first kappa shape index (κ1) is 25.6. The van der Waals surface area contributed by atoms with E-state index in [0.717, 1.165) is 35.8 Å². The number of hydrogen-bond acceptors (Lipinski definition) is 7. The molecule has 12 heteroatoms. The summed E-state index contributed by atoms with van der Waals surface area (Å²) in [5, 5.41) is 1.19. The van der Waals surface area contributed by atoms with E-state index in [1.807, 2.05) is 22.9 Å². The Morgan fingerprint density at radius 3 is 2.37 bits per heavy atom. The maximum Gasteiger partial charge on any atom is 0.417 e. The van der Waals surface area contributed by atoms with Crippen LogP contribution in [0.1, 0.15) is 18.4 Å². The Kier molecular flexibility index (Phi) is 7.50. The maximum atomic E-state index is 12.7. The van der Waals surface area contributed by atoms with Crippen molar-refractivity contribution in [3.05, 3.63) is 85.1 Å². The van der Waals surface area contributed by atoms with E-state index >= 15 is 0 Å². The number of aromatic nitrogens is 4. The van der Waals surface area contributed by atoms with Crippen molar-refractivity contribution < 1.29 is 27.4 Å². The molecule has 0 radical (unpaired) electrons. The van der Waals surface area contributed by atoms with E-state index in [-0.39, 0.29) is 5.88 Å². The molecule has 1 aromatic carbocycles. The summed E-state index contributed by atoms with van der Waals surface area (Å²) in [5.74, 6) is 0.698. The zero-order valence-electron chi connectivity index (χ0n) is 19.9. The Balaban J connectivity index is 1.10. The Morgan fingerprint density at radius 1 is 0.947 bits per heavy atom. The van der Waals surface area contributed by atoms with Crippen molar-refractivity contribution in [1.82, 2.24) is 24.4 Å². The lowest BCUT2D eigenvalue weighted by Gasteiger charge is -2.30. The van der Waals surface area contributed by atoms with Crippen LogP contribution in [0.5, 0.6) is 17.4 Å². The predicted molar refractivity (Wildman–Crippen MR) is 134 cm³/mol. The van der Waals surface area contributed by atoms with Gasteiger partial charge in [0, 0.05) is 49.2 Å². The van der Waals surface area contributed by atoms with E-state index in [1.54, 1.807) is 59.5 Å². The number of amides is 1. The van der Waals surface area contributed by atoms with Crippen LogP contribution in [-0.4, -0.2) is 48.9 Å². The second-order valence-corrected chi connectivity index (χ2v) is 9.69. The standard InChI is InChI=1S/C26H22F3N5O3S/c27-26(28,29)18-3-8-23(32-16-18)36-20-4-6-21(7-5-20)37-25(35)33-13-9-22(10-14-33)38-24-31-12-15-34(24)19-2-1-11-30-17-19/h1-8,11-12,15-17,22H,9-10,13-14H2. The van der Waals surface area contributed by atoms with Crippen LogP contribution in [-0.2, 0) is 6.18 Å². The number of imidazole rings is 1. The Bertz CT molecular complexity index is 1360. The molecule has 0 saturated carbocycles. The van der Waals surface area contributed by atoms with Crippen LogP contribution in [0.15, 0.2) is 84.7 Å². The van der Waals surface area contributed by atoms with Gasteiger partial charge < -0.3 is 14.4 Å². The number of halogens is 3. The van der Waals surface area contributed by atoms with Crippen LogP contribution in [0.2, 0.25) is 0 Å². The van der Waals surface area contributed by atoms with Crippen molar-refractivity contribution in [2.75, 3.05) is 13.1 Å². The molecule has 1 aliphatic heterocycles. The molecule has 0 N–H and O–H groups in total. The van der Waals surface area contributed by atoms with E-state index in [9.17, 15) is 18.0 Å². The minimum absolute atomic E-state index is 0.0198. The highest BCUT2D eigenvalue weighted by Gasteiger charge is 2.31. The normalized spacial score (nSPS) is 14.3. The molecule has 0 unspecified atom stereocenters. The van der Waals surface area contributed by atoms with Crippen molar-refractivity contribution in [1.29, 1.82) is 0 Å². The number of carbonyl (C=O) groups is 1. The highest BCUT2D eigenvalue weighted by atomic mass is 32.2. The van der Waals surface area contributed by atoms with E-state index < -0.39 is 17.8 Å². The van der Waals surface area contributed by atoms with Crippen LogP contribution >= 0.6 is 11.8 Å². The first-order chi connectivity index (χ1) is 18.3. The number of piperidine rings is 1. The van der Waals surface area contributed by atoms with Crippen LogP contribution < -0.4 is 9.47 Å². The van der Waals surface area contributed by atoms with E-state index in [0.29, 0.717) is 36.0 Å². The van der Waals surface area contributed by atoms with Crippen molar-refractivity contribution in [2.45, 2.75) is 29.4 Å². The molecule has 196 valence electrons. The van der Waals surface area contributed by atoms with E-state index in [4.69, 9.17) is 9.47 Å². The van der Waals surface area contributed by atoms with E-state index in [2.05, 4.69) is 15.0 Å². The van der Waals surface area contributed by atoms with Gasteiger partial charge in [0.05, 0.1) is 17.4 Å². The minimum atomic E-state index is -4.46. The van der Waals surface area contributed by atoms with Crippen molar-refractivity contribution in [2.24, 2.45) is 0 Å². The summed E-state index contributed by atoms with van der Waals surface area (Å²) in [6, 6.07) is 12.1. The number of ether oxygens (including phenoxy) is 2. The molecule has 1 saturated heterocycles. The van der Waals surface area contributed by atoms with Gasteiger partial charge in [0.15, 0.2) is 5.16 Å². The number of alkyl halides is 3. The number of nitrogens with zero attached hydrogens (tertiary/aromatic N) is 5. The summed E-state index contributed by atoms with van der Waals surface area (Å²) in [6.45, 7) is 1.12. The van der Waals surface area contributed by atoms with Crippen molar-refractivity contribution in [3.63, 3.8) is 0 Å². The molecule has 0 bridgehead atoms. The fraction of sp³-hybridized carbons (Fsp3) is 0.231. The summed E-state index contributed by atoms with van der Waals surface area (Å²) < 4.78 is 51.0. The molecule has 1 amide bonds. The first-order valence-corrected chi connectivity index (χ1v) is 12.6. The van der Waals surface area contributed by atoms with Gasteiger partial charge in [-0.2, -0.15) is 13.2 Å². The molecule has 0 atom stereocenters. The van der Waals surface area contributed by atoms with Gasteiger partial charge in [-0.05, 0) is 55.3 Å². The SMILES string of the molecule is O=C(Oc1ccc(Oc2ccc(C(F)(F)F)cn2)cc1)N1CCC(Sc2nccn2-c2cccnc2)CC1. The zero-order valence-corrected chi connectivity index (χ0v) is 20.7. The Morgan fingerprint density at radius 2 is 1.71 bits per heavy atom. The fourth-order valence-corrected chi connectivity index (χ4v) is 4.99. The number of hydrogen-bond donors (Lipinski definition) is 0. The number of pyridine rings is 2. The summed E-state index contributed by atoms with van der Waals surface area (Å²) in [5.41, 5.74) is 0.0892. The van der Waals surface area contributed by atoms with Gasteiger partial charge in [-0.3, -0.25) is 9.55 Å². The largest absolute Gasteiger partial charge is 0.439 e. The molecule has 0 spiro atoms. The molecule has 0 aliphatic carbocycles. The second-order valence-electron chi connectivity index (χ2n) is 8.42. The van der Waals surface area contributed by atoms with Crippen molar-refractivity contribution >= 4 is 17.9 Å². The summed E-state index contributed by atoms with van der Waals surface area (Å²) in [4.78, 5) is 26.6. The van der Waals surface area contributed by atoms with Crippen LogP contribution in [0.25, 0.3) is 5.69 Å². The van der Waals surface area contributed by atoms with Crippen molar-refractivity contribution in [3.8, 4) is 23.1 Å². The summed E-state index contributed by atoms with van der Waals surface area (Å²) in [6.07, 6.45) is 4.58. The molecule has 3 aromatic heterocycles. The van der Waals surface area contributed by atoms with Gasteiger partial charge in [0.1, 0.15) is 11.5 Å². The predicted octanol–water partition coefficient (Wildman–Crippen LogP) is 6.23. The third-order valence-corrected chi connectivity index (χ3v) is 7.14. The Hall–Kier alpha value is -4.06. The number of thioether (sulfide) groups is 1. The number of likely N-dealkylation sites (tertiary alicyclic amines) is 1. The third-order valence-electron chi connectivity index (χ3n) is 5.82. The minimum Gasteiger partial charge on any atom is -0.439 e. The second kappa shape index (κ2) is 11.1. The maximum absolute atomic E-state index is 12.7. The molecule has 1 fully saturated rings. The molecular formula is C26H22F3N5O3S. The first-order valence-electron chi connectivity index (χ1n) is 11.7. The third kappa shape index (κ3) is 6.25. The number of benzene rings is 1. The fourth-order valence-electron chi connectivity index (χ4n) is 3.85. The van der Waals surface area contributed by atoms with E-state index in [1.165, 1.54) is 0 Å². The summed E-state index contributed by atoms with van der Waals surface area (Å²) in [7, 11) is 0. The van der Waals surface area contributed by atoms with Gasteiger partial charge in [-0.25, -0.2) is 14.8 Å².